The van der Waals surface area contributed by atoms with Crippen LogP contribution in [0, 0.1) is 6.92 Å². The van der Waals surface area contributed by atoms with E-state index in [9.17, 15) is 5.11 Å². The first-order valence-electron chi connectivity index (χ1n) is 7.24. The summed E-state index contributed by atoms with van der Waals surface area (Å²) in [5, 5.41) is 16.1. The Morgan fingerprint density at radius 1 is 1.24 bits per heavy atom. The first kappa shape index (κ1) is 13.8. The number of aromatic nitrogens is 3. The van der Waals surface area contributed by atoms with Gasteiger partial charge in [-0.05, 0) is 37.6 Å². The second-order valence-electron chi connectivity index (χ2n) is 5.23. The molecule has 3 rings (SSSR count). The van der Waals surface area contributed by atoms with Crippen molar-refractivity contribution in [3.63, 3.8) is 0 Å². The Kier molecular flexibility index (Phi) is 3.71. The van der Waals surface area contributed by atoms with E-state index < -0.39 is 6.10 Å². The summed E-state index contributed by atoms with van der Waals surface area (Å²) >= 11 is 0. The van der Waals surface area contributed by atoms with Crippen LogP contribution in [0.5, 0.6) is 0 Å². The Morgan fingerprint density at radius 2 is 2.10 bits per heavy atom. The van der Waals surface area contributed by atoms with Gasteiger partial charge in [0.1, 0.15) is 0 Å². The number of fused-ring (bicyclic) bond motifs is 1. The van der Waals surface area contributed by atoms with Crippen LogP contribution in [0.1, 0.15) is 30.0 Å². The van der Waals surface area contributed by atoms with Crippen molar-refractivity contribution in [2.75, 3.05) is 0 Å². The van der Waals surface area contributed by atoms with Gasteiger partial charge < -0.3 is 5.11 Å². The summed E-state index contributed by atoms with van der Waals surface area (Å²) in [7, 11) is 0. The van der Waals surface area contributed by atoms with Gasteiger partial charge in [0.25, 0.3) is 0 Å². The number of rotatable bonds is 4. The van der Waals surface area contributed by atoms with E-state index in [1.807, 2.05) is 48.0 Å². The minimum Gasteiger partial charge on any atom is -0.388 e. The van der Waals surface area contributed by atoms with Crippen LogP contribution in [0.25, 0.3) is 10.9 Å². The monoisotopic (exact) mass is 281 g/mol. The summed E-state index contributed by atoms with van der Waals surface area (Å²) in [4.78, 5) is 4.34. The highest BCUT2D eigenvalue weighted by molar-refractivity contribution is 5.82. The molecule has 0 amide bonds. The third-order valence-corrected chi connectivity index (χ3v) is 3.73. The number of hydrogen-bond donors (Lipinski definition) is 1. The van der Waals surface area contributed by atoms with E-state index >= 15 is 0 Å². The number of aliphatic hydroxyl groups excluding tert-OH is 1. The van der Waals surface area contributed by atoms with E-state index in [2.05, 4.69) is 17.0 Å². The molecule has 2 aromatic heterocycles. The minimum absolute atomic E-state index is 0.556. The highest BCUT2D eigenvalue weighted by Gasteiger charge is 2.15. The lowest BCUT2D eigenvalue weighted by molar-refractivity contribution is 0.177. The molecule has 1 aromatic carbocycles. The number of hydrogen-bond acceptors (Lipinski definition) is 3. The van der Waals surface area contributed by atoms with Gasteiger partial charge in [0.2, 0.25) is 0 Å². The molecule has 0 aliphatic heterocycles. The van der Waals surface area contributed by atoms with Crippen molar-refractivity contribution in [3.05, 3.63) is 59.5 Å². The Bertz CT molecular complexity index is 758. The molecule has 4 heteroatoms. The standard InChI is InChI=1S/C17H19N3O/c1-3-20-13(10-12(2)19-20)11-17(21)15-6-4-8-16-14(15)7-5-9-18-16/h4-10,17,21H,3,11H2,1-2H3. The zero-order chi connectivity index (χ0) is 14.8. The molecule has 0 bridgehead atoms. The van der Waals surface area contributed by atoms with Crippen LogP contribution >= 0.6 is 0 Å². The van der Waals surface area contributed by atoms with Crippen LogP contribution in [0.3, 0.4) is 0 Å². The molecule has 21 heavy (non-hydrogen) atoms. The van der Waals surface area contributed by atoms with Crippen LogP contribution < -0.4 is 0 Å². The van der Waals surface area contributed by atoms with E-state index in [0.717, 1.165) is 34.4 Å². The molecule has 2 heterocycles. The minimum atomic E-state index is -0.556. The lowest BCUT2D eigenvalue weighted by atomic mass is 10.00. The van der Waals surface area contributed by atoms with Gasteiger partial charge >= 0.3 is 0 Å². The zero-order valence-electron chi connectivity index (χ0n) is 12.3. The van der Waals surface area contributed by atoms with E-state index in [4.69, 9.17) is 0 Å². The molecule has 3 aromatic rings. The van der Waals surface area contributed by atoms with Crippen molar-refractivity contribution >= 4 is 10.9 Å². The fraction of sp³-hybridized carbons (Fsp3) is 0.294. The third kappa shape index (κ3) is 2.67. The van der Waals surface area contributed by atoms with Crippen molar-refractivity contribution in [2.45, 2.75) is 32.9 Å². The summed E-state index contributed by atoms with van der Waals surface area (Å²) in [5.74, 6) is 0. The zero-order valence-corrected chi connectivity index (χ0v) is 12.3. The molecule has 0 spiro atoms. The molecule has 0 radical (unpaired) electrons. The van der Waals surface area contributed by atoms with Crippen molar-refractivity contribution in [2.24, 2.45) is 0 Å². The van der Waals surface area contributed by atoms with Crippen LogP contribution in [0.15, 0.2) is 42.6 Å². The van der Waals surface area contributed by atoms with E-state index in [1.165, 1.54) is 0 Å². The van der Waals surface area contributed by atoms with Gasteiger partial charge in [-0.15, -0.1) is 0 Å². The third-order valence-electron chi connectivity index (χ3n) is 3.73. The highest BCUT2D eigenvalue weighted by Crippen LogP contribution is 2.25. The maximum atomic E-state index is 10.6. The molecule has 0 fully saturated rings. The van der Waals surface area contributed by atoms with E-state index in [-0.39, 0.29) is 0 Å². The van der Waals surface area contributed by atoms with Gasteiger partial charge in [-0.2, -0.15) is 5.10 Å². The Morgan fingerprint density at radius 3 is 2.90 bits per heavy atom. The largest absolute Gasteiger partial charge is 0.388 e. The maximum Gasteiger partial charge on any atom is 0.0851 e. The molecule has 0 aliphatic carbocycles. The van der Waals surface area contributed by atoms with Gasteiger partial charge in [0.15, 0.2) is 0 Å². The number of nitrogens with zero attached hydrogens (tertiary/aromatic N) is 3. The van der Waals surface area contributed by atoms with E-state index in [1.54, 1.807) is 6.20 Å². The van der Waals surface area contributed by atoms with Gasteiger partial charge in [-0.1, -0.05) is 18.2 Å². The number of aliphatic hydroxyl groups is 1. The van der Waals surface area contributed by atoms with Crippen molar-refractivity contribution in [1.29, 1.82) is 0 Å². The average Bonchev–Trinajstić information content (AvgIpc) is 2.86. The molecule has 4 nitrogen and oxygen atoms in total. The SMILES string of the molecule is CCn1nc(C)cc1CC(O)c1cccc2ncccc12. The van der Waals surface area contributed by atoms with Gasteiger partial charge in [-0.3, -0.25) is 9.67 Å². The topological polar surface area (TPSA) is 50.9 Å². The first-order valence-corrected chi connectivity index (χ1v) is 7.24. The van der Waals surface area contributed by atoms with Crippen LogP contribution in [-0.2, 0) is 13.0 Å². The number of pyridine rings is 1. The van der Waals surface area contributed by atoms with E-state index in [0.29, 0.717) is 6.42 Å². The van der Waals surface area contributed by atoms with Crippen LogP contribution in [-0.4, -0.2) is 19.9 Å². The molecule has 0 saturated heterocycles. The van der Waals surface area contributed by atoms with Crippen molar-refractivity contribution in [3.8, 4) is 0 Å². The van der Waals surface area contributed by atoms with Gasteiger partial charge in [-0.25, -0.2) is 0 Å². The second kappa shape index (κ2) is 5.66. The van der Waals surface area contributed by atoms with Crippen molar-refractivity contribution < 1.29 is 5.11 Å². The summed E-state index contributed by atoms with van der Waals surface area (Å²) in [6.45, 7) is 4.85. The fourth-order valence-electron chi connectivity index (χ4n) is 2.76. The molecule has 1 atom stereocenters. The van der Waals surface area contributed by atoms with Crippen LogP contribution in [0.4, 0.5) is 0 Å². The fourth-order valence-corrected chi connectivity index (χ4v) is 2.76. The molecule has 108 valence electrons. The number of aryl methyl sites for hydroxylation is 2. The first-order chi connectivity index (χ1) is 10.2. The predicted octanol–water partition coefficient (Wildman–Crippen LogP) is 3.04. The maximum absolute atomic E-state index is 10.6. The Hall–Kier alpha value is -2.20. The molecular formula is C17H19N3O. The predicted molar refractivity (Wildman–Crippen MR) is 83.0 cm³/mol. The lowest BCUT2D eigenvalue weighted by Gasteiger charge is -2.14. The quantitative estimate of drug-likeness (QED) is 0.799. The molecule has 0 saturated carbocycles. The highest BCUT2D eigenvalue weighted by atomic mass is 16.3. The molecule has 1 unspecified atom stereocenters. The van der Waals surface area contributed by atoms with Gasteiger partial charge in [0, 0.05) is 30.2 Å². The van der Waals surface area contributed by atoms with Crippen LogP contribution in [0.2, 0.25) is 0 Å². The summed E-state index contributed by atoms with van der Waals surface area (Å²) in [5.41, 5.74) is 3.87. The summed E-state index contributed by atoms with van der Waals surface area (Å²) < 4.78 is 1.95. The van der Waals surface area contributed by atoms with Gasteiger partial charge in [0.05, 0.1) is 17.3 Å². The lowest BCUT2D eigenvalue weighted by Crippen LogP contribution is -2.09. The molecule has 1 N–H and O–H groups in total. The molecule has 0 aliphatic rings. The number of benzene rings is 1. The second-order valence-corrected chi connectivity index (χ2v) is 5.23. The Balaban J connectivity index is 1.95. The molecular weight excluding hydrogens is 262 g/mol. The Labute approximate surface area is 124 Å². The average molecular weight is 281 g/mol. The summed E-state index contributed by atoms with van der Waals surface area (Å²) in [6.07, 6.45) is 1.77. The summed E-state index contributed by atoms with van der Waals surface area (Å²) in [6, 6.07) is 11.8. The smallest absolute Gasteiger partial charge is 0.0851 e. The normalized spacial score (nSPS) is 12.7. The van der Waals surface area contributed by atoms with Crippen molar-refractivity contribution in [1.82, 2.24) is 14.8 Å².